The van der Waals surface area contributed by atoms with E-state index >= 15 is 0 Å². The van der Waals surface area contributed by atoms with Crippen LogP contribution in [-0.2, 0) is 0 Å². The van der Waals surface area contributed by atoms with Crippen molar-refractivity contribution in [3.63, 3.8) is 0 Å². The fourth-order valence-electron chi connectivity index (χ4n) is 1.65. The Kier molecular flexibility index (Phi) is 4.14. The van der Waals surface area contributed by atoms with Crippen LogP contribution in [-0.4, -0.2) is 22.9 Å². The van der Waals surface area contributed by atoms with Gasteiger partial charge in [-0.05, 0) is 24.1 Å². The van der Waals surface area contributed by atoms with Gasteiger partial charge in [-0.2, -0.15) is 0 Å². The minimum absolute atomic E-state index is 0. The van der Waals surface area contributed by atoms with E-state index in [0.29, 0.717) is 0 Å². The molecule has 1 N–H and O–H groups in total. The van der Waals surface area contributed by atoms with Crippen molar-refractivity contribution in [3.8, 4) is 0 Å². The number of nitrogens with one attached hydrogen (secondary N) is 1. The molecule has 2 rings (SSSR count). The normalized spacial score (nSPS) is 25.3. The quantitative estimate of drug-likeness (QED) is 0.769. The third kappa shape index (κ3) is 3.20. The molecule has 0 aromatic carbocycles. The predicted octanol–water partition coefficient (Wildman–Crippen LogP) is 2.49. The lowest BCUT2D eigenvalue weighted by Crippen LogP contribution is -2.37. The summed E-state index contributed by atoms with van der Waals surface area (Å²) in [5.41, 5.74) is 2.37. The Bertz CT molecular complexity index is 347. The average Bonchev–Trinajstić information content (AvgIpc) is 2.18. The second-order valence-electron chi connectivity index (χ2n) is 3.79. The molecule has 0 spiro atoms. The van der Waals surface area contributed by atoms with E-state index in [2.05, 4.69) is 22.4 Å². The standard InChI is InChI=1S/C11H13ClN2.ClH/c1-11(12)5-10(7-14-8-11)9-3-2-4-13-6-9;/h2-6,14H,7-8H2,1H3;1H. The summed E-state index contributed by atoms with van der Waals surface area (Å²) >= 11 is 6.26. The van der Waals surface area contributed by atoms with Crippen molar-refractivity contribution in [2.24, 2.45) is 0 Å². The fraction of sp³-hybridized carbons (Fsp3) is 0.364. The molecule has 0 amide bonds. The molecule has 82 valence electrons. The van der Waals surface area contributed by atoms with Crippen molar-refractivity contribution >= 4 is 29.6 Å². The van der Waals surface area contributed by atoms with E-state index in [0.717, 1.165) is 18.7 Å². The second-order valence-corrected chi connectivity index (χ2v) is 4.66. The smallest absolute Gasteiger partial charge is 0.0728 e. The second kappa shape index (κ2) is 4.97. The summed E-state index contributed by atoms with van der Waals surface area (Å²) in [6.45, 7) is 3.70. The molecule has 1 atom stereocenters. The summed E-state index contributed by atoms with van der Waals surface area (Å²) in [7, 11) is 0. The first-order valence-electron chi connectivity index (χ1n) is 4.69. The number of aromatic nitrogens is 1. The van der Waals surface area contributed by atoms with Crippen LogP contribution >= 0.6 is 24.0 Å². The van der Waals surface area contributed by atoms with Crippen LogP contribution in [0.25, 0.3) is 5.57 Å². The molecule has 0 bridgehead atoms. The molecule has 0 aliphatic carbocycles. The maximum atomic E-state index is 6.26. The number of nitrogens with zero attached hydrogens (tertiary/aromatic N) is 1. The molecule has 2 nitrogen and oxygen atoms in total. The SMILES string of the molecule is CC1(Cl)C=C(c2cccnc2)CNC1.Cl. The maximum Gasteiger partial charge on any atom is 0.0728 e. The topological polar surface area (TPSA) is 24.9 Å². The number of alkyl halides is 1. The lowest BCUT2D eigenvalue weighted by atomic mass is 9.98. The van der Waals surface area contributed by atoms with Crippen LogP contribution in [0.3, 0.4) is 0 Å². The van der Waals surface area contributed by atoms with Crippen molar-refractivity contribution in [3.05, 3.63) is 36.2 Å². The molecule has 1 aromatic heterocycles. The third-order valence-electron chi connectivity index (χ3n) is 2.29. The van der Waals surface area contributed by atoms with Crippen LogP contribution in [0.15, 0.2) is 30.6 Å². The van der Waals surface area contributed by atoms with Gasteiger partial charge in [0.05, 0.1) is 4.87 Å². The minimum atomic E-state index is -0.274. The summed E-state index contributed by atoms with van der Waals surface area (Å²) in [4.78, 5) is 3.82. The molecule has 0 saturated carbocycles. The van der Waals surface area contributed by atoms with Gasteiger partial charge < -0.3 is 5.32 Å². The summed E-state index contributed by atoms with van der Waals surface area (Å²) in [5.74, 6) is 0. The van der Waals surface area contributed by atoms with Crippen LogP contribution in [0.1, 0.15) is 12.5 Å². The van der Waals surface area contributed by atoms with Crippen molar-refractivity contribution in [2.45, 2.75) is 11.8 Å². The number of hydrogen-bond acceptors (Lipinski definition) is 2. The molecular formula is C11H14Cl2N2. The van der Waals surface area contributed by atoms with E-state index in [1.807, 2.05) is 19.2 Å². The van der Waals surface area contributed by atoms with Gasteiger partial charge in [0.2, 0.25) is 0 Å². The molecule has 1 aliphatic heterocycles. The highest BCUT2D eigenvalue weighted by atomic mass is 35.5. The predicted molar refractivity (Wildman–Crippen MR) is 66.6 cm³/mol. The molecular weight excluding hydrogens is 231 g/mol. The van der Waals surface area contributed by atoms with Gasteiger partial charge in [0.25, 0.3) is 0 Å². The summed E-state index contributed by atoms with van der Waals surface area (Å²) in [5, 5.41) is 3.30. The van der Waals surface area contributed by atoms with Gasteiger partial charge in [0.15, 0.2) is 0 Å². The Labute approximate surface area is 101 Å². The van der Waals surface area contributed by atoms with Crippen LogP contribution < -0.4 is 5.32 Å². The highest BCUT2D eigenvalue weighted by Crippen LogP contribution is 2.25. The Morgan fingerprint density at radius 1 is 1.53 bits per heavy atom. The molecule has 1 unspecified atom stereocenters. The van der Waals surface area contributed by atoms with E-state index in [1.54, 1.807) is 6.20 Å². The van der Waals surface area contributed by atoms with Crippen molar-refractivity contribution in [1.82, 2.24) is 10.3 Å². The van der Waals surface area contributed by atoms with Gasteiger partial charge in [-0.3, -0.25) is 4.98 Å². The monoisotopic (exact) mass is 244 g/mol. The van der Waals surface area contributed by atoms with E-state index in [9.17, 15) is 0 Å². The third-order valence-corrected chi connectivity index (χ3v) is 2.54. The maximum absolute atomic E-state index is 6.26. The van der Waals surface area contributed by atoms with Gasteiger partial charge in [0, 0.05) is 25.5 Å². The number of pyridine rings is 1. The zero-order chi connectivity index (χ0) is 10.0. The molecule has 2 heterocycles. The Morgan fingerprint density at radius 3 is 2.93 bits per heavy atom. The van der Waals surface area contributed by atoms with Crippen molar-refractivity contribution in [2.75, 3.05) is 13.1 Å². The summed E-state index contributed by atoms with van der Waals surface area (Å²) in [6, 6.07) is 4.00. The molecule has 0 fully saturated rings. The zero-order valence-electron chi connectivity index (χ0n) is 8.53. The zero-order valence-corrected chi connectivity index (χ0v) is 10.1. The molecule has 4 heteroatoms. The highest BCUT2D eigenvalue weighted by Gasteiger charge is 2.22. The van der Waals surface area contributed by atoms with Crippen LogP contribution in [0.2, 0.25) is 0 Å². The van der Waals surface area contributed by atoms with Crippen LogP contribution in [0.4, 0.5) is 0 Å². The molecule has 1 aliphatic rings. The fourth-order valence-corrected chi connectivity index (χ4v) is 1.87. The number of hydrogen-bond donors (Lipinski definition) is 1. The van der Waals surface area contributed by atoms with Gasteiger partial charge in [-0.15, -0.1) is 24.0 Å². The highest BCUT2D eigenvalue weighted by molar-refractivity contribution is 6.25. The van der Waals surface area contributed by atoms with E-state index < -0.39 is 0 Å². The van der Waals surface area contributed by atoms with Gasteiger partial charge in [-0.25, -0.2) is 0 Å². The lowest BCUT2D eigenvalue weighted by molar-refractivity contribution is 0.636. The first kappa shape index (κ1) is 12.5. The Balaban J connectivity index is 0.00000112. The van der Waals surface area contributed by atoms with Crippen LogP contribution in [0.5, 0.6) is 0 Å². The number of halogens is 2. The van der Waals surface area contributed by atoms with Crippen molar-refractivity contribution in [1.29, 1.82) is 0 Å². The van der Waals surface area contributed by atoms with E-state index in [1.165, 1.54) is 5.57 Å². The number of rotatable bonds is 1. The summed E-state index contributed by atoms with van der Waals surface area (Å²) < 4.78 is 0. The van der Waals surface area contributed by atoms with Crippen LogP contribution in [0, 0.1) is 0 Å². The molecule has 1 aromatic rings. The Morgan fingerprint density at radius 2 is 2.33 bits per heavy atom. The van der Waals surface area contributed by atoms with Gasteiger partial charge in [-0.1, -0.05) is 12.1 Å². The minimum Gasteiger partial charge on any atom is -0.311 e. The lowest BCUT2D eigenvalue weighted by Gasteiger charge is -2.26. The van der Waals surface area contributed by atoms with E-state index in [4.69, 9.17) is 11.6 Å². The van der Waals surface area contributed by atoms with Gasteiger partial charge in [0.1, 0.15) is 0 Å². The average molecular weight is 245 g/mol. The molecule has 0 radical (unpaired) electrons. The summed E-state index contributed by atoms with van der Waals surface area (Å²) in [6.07, 6.45) is 5.76. The largest absolute Gasteiger partial charge is 0.311 e. The van der Waals surface area contributed by atoms with E-state index in [-0.39, 0.29) is 17.3 Å². The first-order valence-corrected chi connectivity index (χ1v) is 5.07. The molecule has 0 saturated heterocycles. The van der Waals surface area contributed by atoms with Gasteiger partial charge >= 0.3 is 0 Å². The Hall–Kier alpha value is -0.570. The first-order chi connectivity index (χ1) is 6.67. The molecule has 15 heavy (non-hydrogen) atoms. The van der Waals surface area contributed by atoms with Crippen molar-refractivity contribution < 1.29 is 0 Å².